The number of Topliss-reactive ketones (excluding diaryl/α,β-unsaturated/α-hetero) is 1. The van der Waals surface area contributed by atoms with Crippen molar-refractivity contribution >= 4 is 39.1 Å². The number of aromatic nitrogens is 2. The van der Waals surface area contributed by atoms with Gasteiger partial charge in [-0.05, 0) is 69.9 Å². The van der Waals surface area contributed by atoms with Crippen LogP contribution < -0.4 is 0 Å². The van der Waals surface area contributed by atoms with Crippen LogP contribution in [0.3, 0.4) is 0 Å². The van der Waals surface area contributed by atoms with E-state index in [1.165, 1.54) is 27.8 Å². The third kappa shape index (κ3) is 3.48. The van der Waals surface area contributed by atoms with Crippen LogP contribution >= 0.6 is 23.1 Å². The molecule has 0 spiro atoms. The standard InChI is InChI=1S/C20H22N2OS2/c1-10-7-12(3)16(8-11(10)2)17(23)9-24-19-18-13(4)14(5)25-20(18)22-15(6)21-19/h7-8H,9H2,1-6H3. The van der Waals surface area contributed by atoms with E-state index in [1.807, 2.05) is 26.8 Å². The fourth-order valence-corrected chi connectivity index (χ4v) is 5.04. The molecule has 25 heavy (non-hydrogen) atoms. The summed E-state index contributed by atoms with van der Waals surface area (Å²) in [5.41, 5.74) is 5.45. The Labute approximate surface area is 156 Å². The van der Waals surface area contributed by atoms with Crippen LogP contribution in [0.5, 0.6) is 0 Å². The number of ketones is 1. The summed E-state index contributed by atoms with van der Waals surface area (Å²) in [4.78, 5) is 24.2. The number of aryl methyl sites for hydroxylation is 6. The van der Waals surface area contributed by atoms with Gasteiger partial charge in [-0.3, -0.25) is 4.79 Å². The molecule has 0 radical (unpaired) electrons. The molecule has 2 aromatic heterocycles. The van der Waals surface area contributed by atoms with Gasteiger partial charge in [0.1, 0.15) is 15.7 Å². The van der Waals surface area contributed by atoms with E-state index in [4.69, 9.17) is 0 Å². The largest absolute Gasteiger partial charge is 0.293 e. The topological polar surface area (TPSA) is 42.9 Å². The second-order valence-electron chi connectivity index (χ2n) is 6.50. The molecule has 3 rings (SSSR count). The van der Waals surface area contributed by atoms with Gasteiger partial charge in [-0.15, -0.1) is 11.3 Å². The average Bonchev–Trinajstić information content (AvgIpc) is 2.82. The van der Waals surface area contributed by atoms with Crippen LogP contribution in [0.1, 0.15) is 43.3 Å². The van der Waals surface area contributed by atoms with Crippen molar-refractivity contribution in [1.29, 1.82) is 0 Å². The first-order chi connectivity index (χ1) is 11.8. The lowest BCUT2D eigenvalue weighted by Gasteiger charge is -2.09. The Balaban J connectivity index is 1.90. The number of thioether (sulfide) groups is 1. The lowest BCUT2D eigenvalue weighted by Crippen LogP contribution is -2.06. The fourth-order valence-electron chi connectivity index (χ4n) is 2.89. The van der Waals surface area contributed by atoms with Crippen LogP contribution in [0.25, 0.3) is 10.2 Å². The summed E-state index contributed by atoms with van der Waals surface area (Å²) in [7, 11) is 0. The molecule has 0 unspecified atom stereocenters. The molecular weight excluding hydrogens is 348 g/mol. The zero-order valence-corrected chi connectivity index (χ0v) is 17.1. The number of thiophene rings is 1. The summed E-state index contributed by atoms with van der Waals surface area (Å²) in [6, 6.07) is 4.10. The Morgan fingerprint density at radius 3 is 2.40 bits per heavy atom. The van der Waals surface area contributed by atoms with Crippen molar-refractivity contribution in [3.8, 4) is 0 Å². The average molecular weight is 371 g/mol. The molecule has 1 aromatic carbocycles. The fraction of sp³-hybridized carbons (Fsp3) is 0.350. The van der Waals surface area contributed by atoms with E-state index in [0.29, 0.717) is 5.75 Å². The molecule has 0 amide bonds. The van der Waals surface area contributed by atoms with Gasteiger partial charge < -0.3 is 0 Å². The highest BCUT2D eigenvalue weighted by Crippen LogP contribution is 2.35. The second-order valence-corrected chi connectivity index (χ2v) is 8.67. The Bertz CT molecular complexity index is 989. The van der Waals surface area contributed by atoms with E-state index >= 15 is 0 Å². The summed E-state index contributed by atoms with van der Waals surface area (Å²) in [6.07, 6.45) is 0. The van der Waals surface area contributed by atoms with Crippen LogP contribution in [0.2, 0.25) is 0 Å². The third-order valence-corrected chi connectivity index (χ3v) is 6.66. The quantitative estimate of drug-likeness (QED) is 0.345. The predicted octanol–water partition coefficient (Wildman–Crippen LogP) is 5.52. The maximum absolute atomic E-state index is 12.8. The minimum Gasteiger partial charge on any atom is -0.293 e. The maximum atomic E-state index is 12.8. The summed E-state index contributed by atoms with van der Waals surface area (Å²) < 4.78 is 0. The van der Waals surface area contributed by atoms with E-state index in [1.54, 1.807) is 11.3 Å². The molecule has 130 valence electrons. The molecule has 0 fully saturated rings. The summed E-state index contributed by atoms with van der Waals surface area (Å²) in [5.74, 6) is 1.30. The Kier molecular flexibility index (Phi) is 4.98. The van der Waals surface area contributed by atoms with Gasteiger partial charge in [0.25, 0.3) is 0 Å². The van der Waals surface area contributed by atoms with Gasteiger partial charge in [-0.25, -0.2) is 9.97 Å². The monoisotopic (exact) mass is 370 g/mol. The molecule has 0 atom stereocenters. The van der Waals surface area contributed by atoms with E-state index < -0.39 is 0 Å². The number of carbonyl (C=O) groups excluding carboxylic acids is 1. The van der Waals surface area contributed by atoms with Crippen LogP contribution in [0.15, 0.2) is 17.2 Å². The number of fused-ring (bicyclic) bond motifs is 1. The zero-order valence-electron chi connectivity index (χ0n) is 15.5. The second kappa shape index (κ2) is 6.89. The van der Waals surface area contributed by atoms with Crippen molar-refractivity contribution < 1.29 is 4.79 Å². The Morgan fingerprint density at radius 2 is 1.68 bits per heavy atom. The van der Waals surface area contributed by atoms with E-state index in [9.17, 15) is 4.79 Å². The first-order valence-corrected chi connectivity index (χ1v) is 10.1. The van der Waals surface area contributed by atoms with Gasteiger partial charge >= 0.3 is 0 Å². The van der Waals surface area contributed by atoms with E-state index in [0.717, 1.165) is 37.8 Å². The molecule has 0 aliphatic heterocycles. The first kappa shape index (κ1) is 18.1. The lowest BCUT2D eigenvalue weighted by atomic mass is 9.99. The van der Waals surface area contributed by atoms with Crippen molar-refractivity contribution in [2.75, 3.05) is 5.75 Å². The number of nitrogens with zero attached hydrogens (tertiary/aromatic N) is 2. The van der Waals surface area contributed by atoms with E-state index in [2.05, 4.69) is 36.8 Å². The molecule has 0 bridgehead atoms. The highest BCUT2D eigenvalue weighted by Gasteiger charge is 2.17. The van der Waals surface area contributed by atoms with Gasteiger partial charge in [0.15, 0.2) is 5.78 Å². The van der Waals surface area contributed by atoms with E-state index in [-0.39, 0.29) is 5.78 Å². The Morgan fingerprint density at radius 1 is 1.00 bits per heavy atom. The third-order valence-electron chi connectivity index (χ3n) is 4.59. The number of hydrogen-bond donors (Lipinski definition) is 0. The van der Waals surface area contributed by atoms with Crippen molar-refractivity contribution in [2.24, 2.45) is 0 Å². The normalized spacial score (nSPS) is 11.3. The molecule has 0 saturated carbocycles. The van der Waals surface area contributed by atoms with Gasteiger partial charge in [-0.1, -0.05) is 17.8 Å². The van der Waals surface area contributed by atoms with Crippen molar-refractivity contribution in [3.05, 3.63) is 50.7 Å². The predicted molar refractivity (Wildman–Crippen MR) is 107 cm³/mol. The number of rotatable bonds is 4. The van der Waals surface area contributed by atoms with Gasteiger partial charge in [-0.2, -0.15) is 0 Å². The maximum Gasteiger partial charge on any atom is 0.173 e. The Hall–Kier alpha value is -1.72. The van der Waals surface area contributed by atoms with Crippen molar-refractivity contribution in [3.63, 3.8) is 0 Å². The summed E-state index contributed by atoms with van der Waals surface area (Å²) in [5, 5.41) is 2.02. The van der Waals surface area contributed by atoms with Crippen molar-refractivity contribution in [1.82, 2.24) is 9.97 Å². The molecule has 0 aliphatic rings. The van der Waals surface area contributed by atoms with Crippen LogP contribution in [-0.4, -0.2) is 21.5 Å². The number of benzene rings is 1. The summed E-state index contributed by atoms with van der Waals surface area (Å²) in [6.45, 7) is 12.2. The molecule has 3 aromatic rings. The molecule has 0 saturated heterocycles. The van der Waals surface area contributed by atoms with Crippen LogP contribution in [0, 0.1) is 41.5 Å². The molecule has 0 N–H and O–H groups in total. The van der Waals surface area contributed by atoms with Gasteiger partial charge in [0.2, 0.25) is 0 Å². The molecule has 3 nitrogen and oxygen atoms in total. The van der Waals surface area contributed by atoms with Crippen LogP contribution in [0.4, 0.5) is 0 Å². The molecule has 2 heterocycles. The van der Waals surface area contributed by atoms with Gasteiger partial charge in [0.05, 0.1) is 5.75 Å². The lowest BCUT2D eigenvalue weighted by molar-refractivity contribution is 0.102. The number of carbonyl (C=O) groups is 1. The molecule has 5 heteroatoms. The zero-order chi connectivity index (χ0) is 18.3. The SMILES string of the molecule is Cc1nc(SCC(=O)c2cc(C)c(C)cc2C)c2c(C)c(C)sc2n1. The minimum absolute atomic E-state index is 0.152. The first-order valence-electron chi connectivity index (χ1n) is 8.26. The smallest absolute Gasteiger partial charge is 0.173 e. The molecular formula is C20H22N2OS2. The minimum atomic E-state index is 0.152. The molecule has 0 aliphatic carbocycles. The highest BCUT2D eigenvalue weighted by molar-refractivity contribution is 8.00. The van der Waals surface area contributed by atoms with Crippen molar-refractivity contribution in [2.45, 2.75) is 46.6 Å². The summed E-state index contributed by atoms with van der Waals surface area (Å²) >= 11 is 3.21. The van der Waals surface area contributed by atoms with Crippen LogP contribution in [-0.2, 0) is 0 Å². The van der Waals surface area contributed by atoms with Gasteiger partial charge in [0, 0.05) is 15.8 Å². The number of hydrogen-bond acceptors (Lipinski definition) is 5. The highest BCUT2D eigenvalue weighted by atomic mass is 32.2.